The number of rotatable bonds is 2. The molecule has 2 atom stereocenters. The van der Waals surface area contributed by atoms with Crippen molar-refractivity contribution in [3.8, 4) is 0 Å². The number of halogens is 1. The summed E-state index contributed by atoms with van der Waals surface area (Å²) in [5.41, 5.74) is 1.44. The van der Waals surface area contributed by atoms with E-state index in [1.165, 1.54) is 0 Å². The molecule has 1 aromatic heterocycles. The highest BCUT2D eigenvalue weighted by molar-refractivity contribution is 9.10. The summed E-state index contributed by atoms with van der Waals surface area (Å²) < 4.78 is 6.64. The molecular weight excluding hydrogens is 310 g/mol. The van der Waals surface area contributed by atoms with E-state index in [2.05, 4.69) is 20.9 Å². The van der Waals surface area contributed by atoms with Crippen LogP contribution in [0.3, 0.4) is 0 Å². The third-order valence-electron chi connectivity index (χ3n) is 3.43. The zero-order valence-corrected chi connectivity index (χ0v) is 11.6. The number of nitrogens with zero attached hydrogens (tertiary/aromatic N) is 1. The summed E-state index contributed by atoms with van der Waals surface area (Å²) in [4.78, 5) is 15.7. The minimum absolute atomic E-state index is 0.186. The number of aliphatic carboxylic acids is 1. The Bertz CT molecular complexity index is 662. The number of aromatic nitrogens is 1. The predicted octanol–water partition coefficient (Wildman–Crippen LogP) is 3.72. The first-order valence-corrected chi connectivity index (χ1v) is 6.88. The van der Waals surface area contributed by atoms with Crippen molar-refractivity contribution in [1.82, 2.24) is 4.98 Å². The first-order chi connectivity index (χ1) is 9.15. The van der Waals surface area contributed by atoms with Crippen molar-refractivity contribution in [2.75, 3.05) is 0 Å². The zero-order chi connectivity index (χ0) is 13.4. The molecule has 3 rings (SSSR count). The van der Waals surface area contributed by atoms with Gasteiger partial charge >= 0.3 is 5.97 Å². The minimum atomic E-state index is -0.794. The number of hydrogen-bond donors (Lipinski definition) is 1. The smallest absolute Gasteiger partial charge is 0.307 e. The Labute approximate surface area is 118 Å². The molecule has 0 aliphatic heterocycles. The summed E-state index contributed by atoms with van der Waals surface area (Å²) in [6.07, 6.45) is 5.09. The van der Waals surface area contributed by atoms with Crippen LogP contribution in [0.15, 0.2) is 39.2 Å². The van der Waals surface area contributed by atoms with E-state index in [4.69, 9.17) is 4.42 Å². The average Bonchev–Trinajstić information content (AvgIpc) is 2.81. The second kappa shape index (κ2) is 4.81. The van der Waals surface area contributed by atoms with Gasteiger partial charge in [0.25, 0.3) is 0 Å². The van der Waals surface area contributed by atoms with Crippen molar-refractivity contribution < 1.29 is 14.3 Å². The SMILES string of the molecule is O=C(O)C1CC=CCC1c1nc2cc(Br)ccc2o1. The number of benzene rings is 1. The zero-order valence-electron chi connectivity index (χ0n) is 10.0. The van der Waals surface area contributed by atoms with E-state index in [0.717, 1.165) is 9.99 Å². The molecule has 1 heterocycles. The van der Waals surface area contributed by atoms with Crippen LogP contribution in [0.1, 0.15) is 24.7 Å². The second-order valence-corrected chi connectivity index (χ2v) is 5.57. The topological polar surface area (TPSA) is 63.3 Å². The fourth-order valence-electron chi connectivity index (χ4n) is 2.44. The number of allylic oxidation sites excluding steroid dienone is 2. The normalized spacial score (nSPS) is 22.8. The number of carboxylic acids is 1. The molecule has 5 heteroatoms. The van der Waals surface area contributed by atoms with Gasteiger partial charge in [0.1, 0.15) is 5.52 Å². The van der Waals surface area contributed by atoms with Crippen molar-refractivity contribution >= 4 is 33.0 Å². The van der Waals surface area contributed by atoms with Crippen LogP contribution in [-0.4, -0.2) is 16.1 Å². The van der Waals surface area contributed by atoms with E-state index in [9.17, 15) is 9.90 Å². The highest BCUT2D eigenvalue weighted by atomic mass is 79.9. The average molecular weight is 322 g/mol. The third kappa shape index (κ3) is 2.30. The molecule has 19 heavy (non-hydrogen) atoms. The van der Waals surface area contributed by atoms with Gasteiger partial charge in [-0.1, -0.05) is 28.1 Å². The van der Waals surface area contributed by atoms with E-state index >= 15 is 0 Å². The molecule has 0 fully saturated rings. The number of carboxylic acid groups (broad SMARTS) is 1. The first-order valence-electron chi connectivity index (χ1n) is 6.09. The van der Waals surface area contributed by atoms with Crippen LogP contribution in [0.4, 0.5) is 0 Å². The highest BCUT2D eigenvalue weighted by Gasteiger charge is 2.33. The van der Waals surface area contributed by atoms with Crippen LogP contribution in [0.5, 0.6) is 0 Å². The van der Waals surface area contributed by atoms with Crippen LogP contribution in [0, 0.1) is 5.92 Å². The molecule has 98 valence electrons. The molecule has 0 saturated heterocycles. The van der Waals surface area contributed by atoms with Crippen molar-refractivity contribution in [1.29, 1.82) is 0 Å². The van der Waals surface area contributed by atoms with Crippen LogP contribution in [0.2, 0.25) is 0 Å². The second-order valence-electron chi connectivity index (χ2n) is 4.66. The Morgan fingerprint density at radius 2 is 2.16 bits per heavy atom. The van der Waals surface area contributed by atoms with Gasteiger partial charge in [0, 0.05) is 4.47 Å². The summed E-state index contributed by atoms with van der Waals surface area (Å²) in [5, 5.41) is 9.28. The fourth-order valence-corrected chi connectivity index (χ4v) is 2.79. The quantitative estimate of drug-likeness (QED) is 0.856. The summed E-state index contributed by atoms with van der Waals surface area (Å²) >= 11 is 3.39. The molecule has 0 saturated carbocycles. The summed E-state index contributed by atoms with van der Waals surface area (Å²) in [6, 6.07) is 5.59. The molecule has 2 unspecified atom stereocenters. The van der Waals surface area contributed by atoms with Gasteiger partial charge in [-0.2, -0.15) is 0 Å². The van der Waals surface area contributed by atoms with Crippen LogP contribution < -0.4 is 0 Å². The molecule has 1 aliphatic carbocycles. The lowest BCUT2D eigenvalue weighted by atomic mass is 9.83. The van der Waals surface area contributed by atoms with Gasteiger partial charge in [0.2, 0.25) is 0 Å². The molecule has 1 N–H and O–H groups in total. The summed E-state index contributed by atoms with van der Waals surface area (Å²) in [5.74, 6) is -0.919. The lowest BCUT2D eigenvalue weighted by Crippen LogP contribution is -2.23. The molecule has 2 aromatic rings. The molecular formula is C14H12BrNO3. The maximum atomic E-state index is 11.3. The molecule has 0 spiro atoms. The molecule has 0 radical (unpaired) electrons. The lowest BCUT2D eigenvalue weighted by Gasteiger charge is -2.21. The maximum absolute atomic E-state index is 11.3. The fraction of sp³-hybridized carbons (Fsp3) is 0.286. The van der Waals surface area contributed by atoms with E-state index in [1.807, 2.05) is 30.4 Å². The van der Waals surface area contributed by atoms with Gasteiger partial charge in [-0.15, -0.1) is 0 Å². The largest absolute Gasteiger partial charge is 0.481 e. The van der Waals surface area contributed by atoms with E-state index in [0.29, 0.717) is 24.3 Å². The van der Waals surface area contributed by atoms with Crippen molar-refractivity contribution in [2.45, 2.75) is 18.8 Å². The molecule has 0 amide bonds. The van der Waals surface area contributed by atoms with Gasteiger partial charge in [-0.3, -0.25) is 4.79 Å². The van der Waals surface area contributed by atoms with Gasteiger partial charge in [0.15, 0.2) is 11.5 Å². The lowest BCUT2D eigenvalue weighted by molar-refractivity contribution is -0.142. The van der Waals surface area contributed by atoms with Gasteiger partial charge in [-0.05, 0) is 31.0 Å². The number of oxazole rings is 1. The summed E-state index contributed by atoms with van der Waals surface area (Å²) in [7, 11) is 0. The van der Waals surface area contributed by atoms with Gasteiger partial charge in [0.05, 0.1) is 11.8 Å². The summed E-state index contributed by atoms with van der Waals surface area (Å²) in [6.45, 7) is 0. The molecule has 1 aliphatic rings. The Hall–Kier alpha value is -1.62. The van der Waals surface area contributed by atoms with Crippen molar-refractivity contribution in [3.63, 3.8) is 0 Å². The van der Waals surface area contributed by atoms with Crippen molar-refractivity contribution in [3.05, 3.63) is 40.7 Å². The minimum Gasteiger partial charge on any atom is -0.481 e. The molecule has 0 bridgehead atoms. The predicted molar refractivity (Wildman–Crippen MR) is 73.9 cm³/mol. The number of hydrogen-bond acceptors (Lipinski definition) is 3. The van der Waals surface area contributed by atoms with E-state index in [1.54, 1.807) is 0 Å². The molecule has 4 nitrogen and oxygen atoms in total. The molecule has 1 aromatic carbocycles. The standard InChI is InChI=1S/C14H12BrNO3/c15-8-5-6-12-11(7-8)16-13(19-12)9-3-1-2-4-10(9)14(17)18/h1-2,5-7,9-10H,3-4H2,(H,17,18). The van der Waals surface area contributed by atoms with Crippen LogP contribution in [0.25, 0.3) is 11.1 Å². The maximum Gasteiger partial charge on any atom is 0.307 e. The van der Waals surface area contributed by atoms with Crippen LogP contribution in [-0.2, 0) is 4.79 Å². The van der Waals surface area contributed by atoms with Crippen LogP contribution >= 0.6 is 15.9 Å². The Kier molecular flexibility index (Phi) is 3.14. The first kappa shape index (κ1) is 12.4. The van der Waals surface area contributed by atoms with E-state index < -0.39 is 11.9 Å². The van der Waals surface area contributed by atoms with E-state index in [-0.39, 0.29) is 5.92 Å². The third-order valence-corrected chi connectivity index (χ3v) is 3.93. The number of fused-ring (bicyclic) bond motifs is 1. The van der Waals surface area contributed by atoms with Gasteiger partial charge < -0.3 is 9.52 Å². The Balaban J connectivity index is 2.02. The monoisotopic (exact) mass is 321 g/mol. The number of carbonyl (C=O) groups is 1. The Morgan fingerprint density at radius 1 is 1.37 bits per heavy atom. The Morgan fingerprint density at radius 3 is 2.95 bits per heavy atom. The highest BCUT2D eigenvalue weighted by Crippen LogP contribution is 2.36. The van der Waals surface area contributed by atoms with Crippen molar-refractivity contribution in [2.24, 2.45) is 5.92 Å². The van der Waals surface area contributed by atoms with Gasteiger partial charge in [-0.25, -0.2) is 4.98 Å².